The van der Waals surface area contributed by atoms with E-state index in [0.717, 1.165) is 5.56 Å². The number of hydrogen-bond acceptors (Lipinski definition) is 2. The van der Waals surface area contributed by atoms with Crippen LogP contribution in [0.15, 0.2) is 41.8 Å². The van der Waals surface area contributed by atoms with Crippen LogP contribution in [0.25, 0.3) is 6.08 Å². The van der Waals surface area contributed by atoms with Crippen molar-refractivity contribution in [3.05, 3.63) is 63.4 Å². The molecule has 2 rings (SSSR count). The molecule has 0 saturated heterocycles. The zero-order valence-electron chi connectivity index (χ0n) is 11.1. The van der Waals surface area contributed by atoms with Crippen LogP contribution in [0.2, 0.25) is 0 Å². The lowest BCUT2D eigenvalue weighted by atomic mass is 10.2. The minimum Gasteiger partial charge on any atom is -0.348 e. The van der Waals surface area contributed by atoms with Gasteiger partial charge in [-0.25, -0.2) is 0 Å². The second-order valence-corrected chi connectivity index (χ2v) is 5.49. The average Bonchev–Trinajstić information content (AvgIpc) is 2.75. The lowest BCUT2D eigenvalue weighted by Gasteiger charge is -2.02. The van der Waals surface area contributed by atoms with Crippen LogP contribution in [0.1, 0.15) is 21.6 Å². The molecule has 0 aliphatic heterocycles. The van der Waals surface area contributed by atoms with Crippen LogP contribution < -0.4 is 5.32 Å². The number of aryl methyl sites for hydroxylation is 1. The van der Waals surface area contributed by atoms with E-state index in [-0.39, 0.29) is 5.91 Å². The second-order valence-electron chi connectivity index (χ2n) is 4.40. The molecule has 19 heavy (non-hydrogen) atoms. The fraction of sp³-hybridized carbons (Fsp3) is 0.188. The van der Waals surface area contributed by atoms with Gasteiger partial charge in [-0.05, 0) is 42.0 Å². The van der Waals surface area contributed by atoms with Gasteiger partial charge in [-0.15, -0.1) is 11.3 Å². The van der Waals surface area contributed by atoms with E-state index in [1.54, 1.807) is 17.4 Å². The summed E-state index contributed by atoms with van der Waals surface area (Å²) in [5.41, 5.74) is 3.50. The van der Waals surface area contributed by atoms with Crippen LogP contribution in [-0.2, 0) is 11.3 Å². The van der Waals surface area contributed by atoms with Crippen LogP contribution in [0.3, 0.4) is 0 Å². The number of carbonyl (C=O) groups is 1. The quantitative estimate of drug-likeness (QED) is 0.844. The van der Waals surface area contributed by atoms with Crippen molar-refractivity contribution < 1.29 is 4.79 Å². The summed E-state index contributed by atoms with van der Waals surface area (Å²) in [4.78, 5) is 13.0. The summed E-state index contributed by atoms with van der Waals surface area (Å²) in [6.07, 6.45) is 3.39. The van der Waals surface area contributed by atoms with Crippen molar-refractivity contribution in [1.29, 1.82) is 0 Å². The molecule has 2 aromatic rings. The lowest BCUT2D eigenvalue weighted by Crippen LogP contribution is -2.20. The molecule has 0 aliphatic rings. The topological polar surface area (TPSA) is 29.1 Å². The third-order valence-corrected chi connectivity index (χ3v) is 4.13. The Labute approximate surface area is 117 Å². The predicted molar refractivity (Wildman–Crippen MR) is 81.1 cm³/mol. The van der Waals surface area contributed by atoms with Crippen molar-refractivity contribution in [3.63, 3.8) is 0 Å². The van der Waals surface area contributed by atoms with Crippen LogP contribution in [0, 0.1) is 13.8 Å². The predicted octanol–water partition coefficient (Wildman–Crippen LogP) is 3.69. The Kier molecular flexibility index (Phi) is 4.53. The molecule has 0 saturated carbocycles. The number of nitrogens with one attached hydrogen (secondary N) is 1. The Morgan fingerprint density at radius 3 is 2.63 bits per heavy atom. The Hall–Kier alpha value is -1.87. The van der Waals surface area contributed by atoms with Crippen LogP contribution >= 0.6 is 11.3 Å². The number of amides is 1. The summed E-state index contributed by atoms with van der Waals surface area (Å²) in [6.45, 7) is 4.78. The Balaban J connectivity index is 1.89. The highest BCUT2D eigenvalue weighted by Crippen LogP contribution is 2.20. The summed E-state index contributed by atoms with van der Waals surface area (Å²) in [7, 11) is 0. The highest BCUT2D eigenvalue weighted by Gasteiger charge is 2.04. The third kappa shape index (κ3) is 3.80. The van der Waals surface area contributed by atoms with E-state index < -0.39 is 0 Å². The van der Waals surface area contributed by atoms with Gasteiger partial charge < -0.3 is 5.32 Å². The molecule has 0 bridgehead atoms. The molecule has 2 nitrogen and oxygen atoms in total. The monoisotopic (exact) mass is 271 g/mol. The molecule has 0 radical (unpaired) electrons. The van der Waals surface area contributed by atoms with Gasteiger partial charge in [-0.1, -0.05) is 30.3 Å². The van der Waals surface area contributed by atoms with Crippen LogP contribution in [0.5, 0.6) is 0 Å². The first-order valence-electron chi connectivity index (χ1n) is 6.21. The van der Waals surface area contributed by atoms with E-state index in [1.165, 1.54) is 16.0 Å². The van der Waals surface area contributed by atoms with Crippen molar-refractivity contribution in [2.24, 2.45) is 0 Å². The third-order valence-electron chi connectivity index (χ3n) is 3.07. The van der Waals surface area contributed by atoms with Gasteiger partial charge >= 0.3 is 0 Å². The molecule has 1 heterocycles. The molecule has 0 fully saturated rings. The number of hydrogen-bond donors (Lipinski definition) is 1. The summed E-state index contributed by atoms with van der Waals surface area (Å²) in [6, 6.07) is 9.80. The average molecular weight is 271 g/mol. The highest BCUT2D eigenvalue weighted by molar-refractivity contribution is 7.10. The molecular formula is C16H17NOS. The number of carbonyl (C=O) groups excluding carboxylic acids is 1. The number of rotatable bonds is 4. The molecule has 98 valence electrons. The van der Waals surface area contributed by atoms with E-state index in [1.807, 2.05) is 36.4 Å². The van der Waals surface area contributed by atoms with Gasteiger partial charge in [0.05, 0.1) is 0 Å². The SMILES string of the molecule is Cc1scc(CNC(=O)/C=C/c2ccccc2)c1C. The largest absolute Gasteiger partial charge is 0.348 e. The van der Waals surface area contributed by atoms with Gasteiger partial charge in [0.1, 0.15) is 0 Å². The zero-order valence-corrected chi connectivity index (χ0v) is 12.0. The highest BCUT2D eigenvalue weighted by atomic mass is 32.1. The zero-order chi connectivity index (χ0) is 13.7. The van der Waals surface area contributed by atoms with Crippen LogP contribution in [-0.4, -0.2) is 5.91 Å². The summed E-state index contributed by atoms with van der Waals surface area (Å²) >= 11 is 1.72. The summed E-state index contributed by atoms with van der Waals surface area (Å²) in [5, 5.41) is 5.01. The summed E-state index contributed by atoms with van der Waals surface area (Å²) < 4.78 is 0. The van der Waals surface area contributed by atoms with Gasteiger partial charge in [0.25, 0.3) is 0 Å². The molecule has 0 atom stereocenters. The van der Waals surface area contributed by atoms with Crippen molar-refractivity contribution >= 4 is 23.3 Å². The first kappa shape index (κ1) is 13.6. The maximum absolute atomic E-state index is 11.7. The maximum Gasteiger partial charge on any atom is 0.244 e. The van der Waals surface area contributed by atoms with Gasteiger partial charge in [0.15, 0.2) is 0 Å². The number of benzene rings is 1. The van der Waals surface area contributed by atoms with E-state index in [9.17, 15) is 4.79 Å². The number of thiophene rings is 1. The van der Waals surface area contributed by atoms with E-state index in [2.05, 4.69) is 24.5 Å². The normalized spacial score (nSPS) is 10.8. The molecule has 0 aliphatic carbocycles. The van der Waals surface area contributed by atoms with Crippen molar-refractivity contribution in [2.75, 3.05) is 0 Å². The Morgan fingerprint density at radius 2 is 2.00 bits per heavy atom. The standard InChI is InChI=1S/C16H17NOS/c1-12-13(2)19-11-15(12)10-17-16(18)9-8-14-6-4-3-5-7-14/h3-9,11H,10H2,1-2H3,(H,17,18)/b9-8+. The van der Waals surface area contributed by atoms with E-state index in [4.69, 9.17) is 0 Å². The molecule has 0 unspecified atom stereocenters. The fourth-order valence-corrected chi connectivity index (χ4v) is 2.60. The van der Waals surface area contributed by atoms with Crippen molar-refractivity contribution in [2.45, 2.75) is 20.4 Å². The minimum atomic E-state index is -0.0629. The summed E-state index contributed by atoms with van der Waals surface area (Å²) in [5.74, 6) is -0.0629. The molecule has 1 aromatic heterocycles. The molecule has 0 spiro atoms. The van der Waals surface area contributed by atoms with E-state index in [0.29, 0.717) is 6.54 Å². The maximum atomic E-state index is 11.7. The van der Waals surface area contributed by atoms with Crippen molar-refractivity contribution in [3.8, 4) is 0 Å². The molecule has 1 aromatic carbocycles. The first-order chi connectivity index (χ1) is 9.16. The Morgan fingerprint density at radius 1 is 1.26 bits per heavy atom. The van der Waals surface area contributed by atoms with Gasteiger partial charge in [-0.2, -0.15) is 0 Å². The second kappa shape index (κ2) is 6.34. The fourth-order valence-electron chi connectivity index (χ4n) is 1.71. The van der Waals surface area contributed by atoms with Crippen molar-refractivity contribution in [1.82, 2.24) is 5.32 Å². The molecule has 1 amide bonds. The van der Waals surface area contributed by atoms with Crippen LogP contribution in [0.4, 0.5) is 0 Å². The van der Waals surface area contributed by atoms with Gasteiger partial charge in [0.2, 0.25) is 5.91 Å². The lowest BCUT2D eigenvalue weighted by molar-refractivity contribution is -0.116. The molecule has 1 N–H and O–H groups in total. The first-order valence-corrected chi connectivity index (χ1v) is 7.09. The van der Waals surface area contributed by atoms with Gasteiger partial charge in [-0.3, -0.25) is 4.79 Å². The Bertz CT molecular complexity index is 584. The molecular weight excluding hydrogens is 254 g/mol. The van der Waals surface area contributed by atoms with Gasteiger partial charge in [0, 0.05) is 17.5 Å². The smallest absolute Gasteiger partial charge is 0.244 e. The molecule has 3 heteroatoms. The van der Waals surface area contributed by atoms with E-state index >= 15 is 0 Å². The minimum absolute atomic E-state index is 0.0629.